The highest BCUT2D eigenvalue weighted by Crippen LogP contribution is 2.22. The first-order valence-electron chi connectivity index (χ1n) is 9.99. The van der Waals surface area contributed by atoms with E-state index in [2.05, 4.69) is 15.2 Å². The zero-order chi connectivity index (χ0) is 20.7. The minimum atomic E-state index is -4.36. The summed E-state index contributed by atoms with van der Waals surface area (Å²) in [5, 5.41) is 3.29. The number of benzene rings is 1. The number of nitrogens with zero attached hydrogens (tertiary/aromatic N) is 2. The Bertz CT molecular complexity index is 685. The van der Waals surface area contributed by atoms with Crippen LogP contribution in [0.1, 0.15) is 25.3 Å². The van der Waals surface area contributed by atoms with Gasteiger partial charge in [0.25, 0.3) is 0 Å². The van der Waals surface area contributed by atoms with Crippen molar-refractivity contribution in [2.75, 3.05) is 39.5 Å². The van der Waals surface area contributed by atoms with Crippen LogP contribution in [-0.2, 0) is 16.0 Å². The molecule has 0 amide bonds. The van der Waals surface area contributed by atoms with Gasteiger partial charge in [0, 0.05) is 26.2 Å². The van der Waals surface area contributed by atoms with E-state index in [1.165, 1.54) is 6.07 Å². The number of aliphatic imine (C=N–C) groups is 1. The minimum Gasteiger partial charge on any atom is -0.484 e. The van der Waals surface area contributed by atoms with Crippen LogP contribution in [0.5, 0.6) is 5.75 Å². The minimum absolute atomic E-state index is 0. The summed E-state index contributed by atoms with van der Waals surface area (Å²) in [6.45, 7) is 4.57. The summed E-state index contributed by atoms with van der Waals surface area (Å²) in [7, 11) is 0. The predicted octanol–water partition coefficient (Wildman–Crippen LogP) is 3.59. The van der Waals surface area contributed by atoms with Crippen LogP contribution in [-0.4, -0.2) is 68.7 Å². The number of hydrogen-bond acceptors (Lipinski definition) is 4. The lowest BCUT2D eigenvalue weighted by Gasteiger charge is -2.37. The molecule has 30 heavy (non-hydrogen) atoms. The van der Waals surface area contributed by atoms with Gasteiger partial charge in [0.2, 0.25) is 0 Å². The van der Waals surface area contributed by atoms with Crippen molar-refractivity contribution in [2.45, 2.75) is 44.7 Å². The molecule has 0 bridgehead atoms. The maximum Gasteiger partial charge on any atom is 0.422 e. The van der Waals surface area contributed by atoms with Crippen molar-refractivity contribution in [1.82, 2.24) is 10.2 Å². The Morgan fingerprint density at radius 2 is 2.07 bits per heavy atom. The summed E-state index contributed by atoms with van der Waals surface area (Å²) >= 11 is 0. The fourth-order valence-corrected chi connectivity index (χ4v) is 3.48. The summed E-state index contributed by atoms with van der Waals surface area (Å²) in [6.07, 6.45) is -2.14. The first-order chi connectivity index (χ1) is 13.9. The largest absolute Gasteiger partial charge is 0.484 e. The van der Waals surface area contributed by atoms with Crippen LogP contribution < -0.4 is 10.1 Å². The zero-order valence-corrected chi connectivity index (χ0v) is 19.3. The molecule has 2 heterocycles. The van der Waals surface area contributed by atoms with Gasteiger partial charge in [-0.25, -0.2) is 4.99 Å². The third kappa shape index (κ3) is 7.77. The van der Waals surface area contributed by atoms with Crippen LogP contribution in [0.25, 0.3) is 0 Å². The average Bonchev–Trinajstić information content (AvgIpc) is 3.24. The molecule has 10 heteroatoms. The summed E-state index contributed by atoms with van der Waals surface area (Å²) in [5.74, 6) is 0.949. The highest BCUT2D eigenvalue weighted by molar-refractivity contribution is 14.0. The van der Waals surface area contributed by atoms with Gasteiger partial charge in [-0.2, -0.15) is 13.2 Å². The smallest absolute Gasteiger partial charge is 0.422 e. The molecular weight excluding hydrogens is 514 g/mol. The molecule has 3 rings (SSSR count). The maximum atomic E-state index is 12.4. The van der Waals surface area contributed by atoms with E-state index < -0.39 is 12.8 Å². The fourth-order valence-electron chi connectivity index (χ4n) is 3.48. The van der Waals surface area contributed by atoms with Crippen LogP contribution in [0, 0.1) is 0 Å². The van der Waals surface area contributed by atoms with Gasteiger partial charge in [0.15, 0.2) is 12.6 Å². The van der Waals surface area contributed by atoms with Crippen LogP contribution in [0.15, 0.2) is 29.3 Å². The monoisotopic (exact) mass is 543 g/mol. The number of guanidine groups is 1. The molecule has 1 aromatic carbocycles. The van der Waals surface area contributed by atoms with E-state index in [-0.39, 0.29) is 41.9 Å². The summed E-state index contributed by atoms with van der Waals surface area (Å²) in [4.78, 5) is 6.83. The van der Waals surface area contributed by atoms with Gasteiger partial charge in [0.1, 0.15) is 11.9 Å². The quantitative estimate of drug-likeness (QED) is 0.338. The molecule has 2 unspecified atom stereocenters. The zero-order valence-electron chi connectivity index (χ0n) is 17.0. The van der Waals surface area contributed by atoms with E-state index in [9.17, 15) is 13.2 Å². The first kappa shape index (κ1) is 25.0. The van der Waals surface area contributed by atoms with E-state index in [0.29, 0.717) is 19.7 Å². The number of rotatable bonds is 6. The number of alkyl halides is 3. The molecule has 0 spiro atoms. The molecule has 0 radical (unpaired) electrons. The van der Waals surface area contributed by atoms with Crippen molar-refractivity contribution in [1.29, 1.82) is 0 Å². The van der Waals surface area contributed by atoms with Gasteiger partial charge < -0.3 is 24.4 Å². The van der Waals surface area contributed by atoms with E-state index in [0.717, 1.165) is 44.1 Å². The van der Waals surface area contributed by atoms with Crippen molar-refractivity contribution < 1.29 is 27.4 Å². The lowest BCUT2D eigenvalue weighted by atomic mass is 10.1. The highest BCUT2D eigenvalue weighted by atomic mass is 127. The lowest BCUT2D eigenvalue weighted by molar-refractivity contribution is -0.153. The van der Waals surface area contributed by atoms with Crippen LogP contribution in [0.2, 0.25) is 0 Å². The van der Waals surface area contributed by atoms with Gasteiger partial charge in [-0.15, -0.1) is 24.0 Å². The highest BCUT2D eigenvalue weighted by Gasteiger charge is 2.32. The molecule has 1 aromatic rings. The molecule has 2 fully saturated rings. The molecular formula is C20H29F3IN3O3. The third-order valence-electron chi connectivity index (χ3n) is 4.82. The van der Waals surface area contributed by atoms with Crippen LogP contribution >= 0.6 is 24.0 Å². The van der Waals surface area contributed by atoms with Crippen molar-refractivity contribution >= 4 is 29.9 Å². The second kappa shape index (κ2) is 11.9. The normalized spacial score (nSPS) is 22.5. The number of morpholine rings is 1. The molecule has 170 valence electrons. The molecule has 1 N–H and O–H groups in total. The summed E-state index contributed by atoms with van der Waals surface area (Å²) in [6, 6.07) is 6.60. The van der Waals surface area contributed by atoms with Crippen LogP contribution in [0.3, 0.4) is 0 Å². The molecule has 0 saturated carbocycles. The summed E-state index contributed by atoms with van der Waals surface area (Å²) < 4.78 is 53.5. The molecule has 0 aromatic heterocycles. The topological polar surface area (TPSA) is 55.3 Å². The molecule has 2 atom stereocenters. The standard InChI is InChI=1S/C20H28F3N3O3.HI/c1-2-24-19(26-8-10-28-18(13-26)17-7-4-9-27-17)25-12-15-5-3-6-16(11-15)29-14-20(21,22)23;/h3,5-6,11,17-18H,2,4,7-10,12-14H2,1H3,(H,24,25);1H. The van der Waals surface area contributed by atoms with Crippen molar-refractivity contribution in [3.05, 3.63) is 29.8 Å². The Morgan fingerprint density at radius 1 is 1.27 bits per heavy atom. The predicted molar refractivity (Wildman–Crippen MR) is 119 cm³/mol. The van der Waals surface area contributed by atoms with Crippen LogP contribution in [0.4, 0.5) is 13.2 Å². The first-order valence-corrected chi connectivity index (χ1v) is 9.99. The fraction of sp³-hybridized carbons (Fsp3) is 0.650. The number of halogens is 4. The number of ether oxygens (including phenoxy) is 3. The van der Waals surface area contributed by atoms with Gasteiger partial charge in [0.05, 0.1) is 19.3 Å². The van der Waals surface area contributed by atoms with Gasteiger partial charge in [-0.1, -0.05) is 12.1 Å². The molecule has 0 aliphatic carbocycles. The van der Waals surface area contributed by atoms with Crippen molar-refractivity contribution in [3.63, 3.8) is 0 Å². The number of hydrogen-bond donors (Lipinski definition) is 1. The van der Waals surface area contributed by atoms with Gasteiger partial charge >= 0.3 is 6.18 Å². The molecule has 6 nitrogen and oxygen atoms in total. The lowest BCUT2D eigenvalue weighted by Crippen LogP contribution is -2.53. The SMILES string of the molecule is CCNC(=NCc1cccc(OCC(F)(F)F)c1)N1CCOC(C2CCCO2)C1.I. The van der Waals surface area contributed by atoms with Gasteiger partial charge in [-0.3, -0.25) is 0 Å². The Balaban J connectivity index is 0.00000320. The Labute approximate surface area is 192 Å². The Morgan fingerprint density at radius 3 is 2.77 bits per heavy atom. The number of nitrogens with one attached hydrogen (secondary N) is 1. The van der Waals surface area contributed by atoms with E-state index in [4.69, 9.17) is 14.2 Å². The second-order valence-corrected chi connectivity index (χ2v) is 7.13. The third-order valence-corrected chi connectivity index (χ3v) is 4.82. The molecule has 2 aliphatic heterocycles. The Kier molecular flexibility index (Phi) is 9.95. The molecule has 2 saturated heterocycles. The second-order valence-electron chi connectivity index (χ2n) is 7.13. The van der Waals surface area contributed by atoms with E-state index in [1.807, 2.05) is 13.0 Å². The molecule has 2 aliphatic rings. The Hall–Kier alpha value is -1.27. The van der Waals surface area contributed by atoms with E-state index in [1.54, 1.807) is 12.1 Å². The summed E-state index contributed by atoms with van der Waals surface area (Å²) in [5.41, 5.74) is 0.781. The van der Waals surface area contributed by atoms with Crippen molar-refractivity contribution in [3.8, 4) is 5.75 Å². The van der Waals surface area contributed by atoms with Crippen molar-refractivity contribution in [2.24, 2.45) is 4.99 Å². The average molecular weight is 543 g/mol. The maximum absolute atomic E-state index is 12.4. The van der Waals surface area contributed by atoms with Gasteiger partial charge in [-0.05, 0) is 37.5 Å². The van der Waals surface area contributed by atoms with E-state index >= 15 is 0 Å².